The molecular weight excluding hydrogens is 340 g/mol. The molecule has 0 aliphatic heterocycles. The Labute approximate surface area is 158 Å². The standard InChI is InChI=1S/C22H24N2O3/c1-26-18-4-2-3-15(10-18)13-24-20(12-17-7-8-27-22(17)24)21(25)23-19-11-14-5-6-16(19)9-14/h2-4,7-8,10,12,14,16,19H,5-6,9,11,13H2,1H3,(H,23,25). The fourth-order valence-electron chi connectivity index (χ4n) is 4.94. The lowest BCUT2D eigenvalue weighted by atomic mass is 9.95. The quantitative estimate of drug-likeness (QED) is 0.738. The first-order chi connectivity index (χ1) is 13.2. The summed E-state index contributed by atoms with van der Waals surface area (Å²) in [5, 5.41) is 4.25. The second-order valence-corrected chi connectivity index (χ2v) is 7.90. The smallest absolute Gasteiger partial charge is 0.268 e. The summed E-state index contributed by atoms with van der Waals surface area (Å²) in [6, 6.07) is 12.1. The fourth-order valence-corrected chi connectivity index (χ4v) is 4.94. The number of benzene rings is 1. The molecule has 5 heteroatoms. The van der Waals surface area contributed by atoms with E-state index in [2.05, 4.69) is 5.32 Å². The van der Waals surface area contributed by atoms with E-state index in [0.717, 1.165) is 34.8 Å². The van der Waals surface area contributed by atoms with Crippen LogP contribution in [0.25, 0.3) is 11.1 Å². The summed E-state index contributed by atoms with van der Waals surface area (Å²) < 4.78 is 13.0. The first-order valence-electron chi connectivity index (χ1n) is 9.72. The number of nitrogens with zero attached hydrogens (tertiary/aromatic N) is 1. The molecule has 2 fully saturated rings. The Hall–Kier alpha value is -2.69. The average Bonchev–Trinajstić information content (AvgIpc) is 3.44. The molecule has 0 radical (unpaired) electrons. The van der Waals surface area contributed by atoms with E-state index >= 15 is 0 Å². The highest BCUT2D eigenvalue weighted by atomic mass is 16.5. The third kappa shape index (κ3) is 2.91. The maximum atomic E-state index is 13.1. The van der Waals surface area contributed by atoms with E-state index in [0.29, 0.717) is 24.2 Å². The van der Waals surface area contributed by atoms with Gasteiger partial charge in [0.05, 0.1) is 19.9 Å². The summed E-state index contributed by atoms with van der Waals surface area (Å²) >= 11 is 0. The van der Waals surface area contributed by atoms with Gasteiger partial charge in [-0.15, -0.1) is 0 Å². The van der Waals surface area contributed by atoms with Crippen molar-refractivity contribution in [3.63, 3.8) is 0 Å². The van der Waals surface area contributed by atoms with Gasteiger partial charge in [-0.3, -0.25) is 4.79 Å². The number of rotatable bonds is 5. The van der Waals surface area contributed by atoms with Crippen LogP contribution in [0.3, 0.4) is 0 Å². The van der Waals surface area contributed by atoms with Crippen molar-refractivity contribution in [2.75, 3.05) is 7.11 Å². The van der Waals surface area contributed by atoms with Crippen molar-refractivity contribution >= 4 is 17.0 Å². The van der Waals surface area contributed by atoms with E-state index < -0.39 is 0 Å². The zero-order valence-electron chi connectivity index (χ0n) is 15.5. The van der Waals surface area contributed by atoms with Crippen LogP contribution in [-0.2, 0) is 6.54 Å². The van der Waals surface area contributed by atoms with Gasteiger partial charge >= 0.3 is 0 Å². The summed E-state index contributed by atoms with van der Waals surface area (Å²) in [6.45, 7) is 0.563. The highest BCUT2D eigenvalue weighted by Gasteiger charge is 2.40. The Balaban J connectivity index is 1.44. The van der Waals surface area contributed by atoms with E-state index in [1.165, 1.54) is 19.3 Å². The number of carbonyl (C=O) groups is 1. The summed E-state index contributed by atoms with van der Waals surface area (Å²) in [4.78, 5) is 13.1. The summed E-state index contributed by atoms with van der Waals surface area (Å²) in [6.07, 6.45) is 6.66. The average molecular weight is 364 g/mol. The van der Waals surface area contributed by atoms with Crippen molar-refractivity contribution in [2.24, 2.45) is 11.8 Å². The van der Waals surface area contributed by atoms with Gasteiger partial charge in [-0.25, -0.2) is 0 Å². The molecule has 2 aliphatic carbocycles. The fraction of sp³-hybridized carbons (Fsp3) is 0.409. The number of fused-ring (bicyclic) bond motifs is 3. The maximum Gasteiger partial charge on any atom is 0.268 e. The van der Waals surface area contributed by atoms with Crippen molar-refractivity contribution in [1.82, 2.24) is 9.88 Å². The minimum absolute atomic E-state index is 0.00171. The SMILES string of the molecule is COc1cccc(Cn2c(C(=O)NC3CC4CCC3C4)cc3ccoc32)c1. The first kappa shape index (κ1) is 16.5. The molecule has 2 aromatic heterocycles. The number of amides is 1. The van der Waals surface area contributed by atoms with Crippen molar-refractivity contribution in [3.8, 4) is 5.75 Å². The van der Waals surface area contributed by atoms with Crippen LogP contribution in [0.15, 0.2) is 47.1 Å². The monoisotopic (exact) mass is 364 g/mol. The van der Waals surface area contributed by atoms with Crippen molar-refractivity contribution in [2.45, 2.75) is 38.3 Å². The lowest BCUT2D eigenvalue weighted by Crippen LogP contribution is -2.39. The molecule has 27 heavy (non-hydrogen) atoms. The van der Waals surface area contributed by atoms with Gasteiger partial charge < -0.3 is 19.0 Å². The van der Waals surface area contributed by atoms with Crippen LogP contribution >= 0.6 is 0 Å². The topological polar surface area (TPSA) is 56.4 Å². The predicted octanol–water partition coefficient (Wildman–Crippen LogP) is 4.21. The molecule has 1 aromatic carbocycles. The van der Waals surface area contributed by atoms with Gasteiger partial charge in [0, 0.05) is 11.4 Å². The third-order valence-corrected chi connectivity index (χ3v) is 6.26. The Morgan fingerprint density at radius 3 is 2.96 bits per heavy atom. The molecule has 2 heterocycles. The van der Waals surface area contributed by atoms with Gasteiger partial charge in [0.1, 0.15) is 11.4 Å². The van der Waals surface area contributed by atoms with Gasteiger partial charge in [-0.1, -0.05) is 18.6 Å². The van der Waals surface area contributed by atoms with E-state index in [9.17, 15) is 4.79 Å². The zero-order valence-corrected chi connectivity index (χ0v) is 15.5. The van der Waals surface area contributed by atoms with E-state index in [1.807, 2.05) is 41.0 Å². The van der Waals surface area contributed by atoms with E-state index in [-0.39, 0.29) is 5.91 Å². The molecule has 0 spiro atoms. The number of aromatic nitrogens is 1. The van der Waals surface area contributed by atoms with Gasteiger partial charge in [0.2, 0.25) is 5.71 Å². The Morgan fingerprint density at radius 1 is 1.26 bits per heavy atom. The molecule has 0 saturated heterocycles. The number of carbonyl (C=O) groups excluding carboxylic acids is 1. The third-order valence-electron chi connectivity index (χ3n) is 6.26. The summed E-state index contributed by atoms with van der Waals surface area (Å²) in [5.74, 6) is 2.27. The molecule has 5 nitrogen and oxygen atoms in total. The number of hydrogen-bond acceptors (Lipinski definition) is 3. The van der Waals surface area contributed by atoms with Crippen LogP contribution < -0.4 is 10.1 Å². The van der Waals surface area contributed by atoms with E-state index in [4.69, 9.17) is 9.15 Å². The van der Waals surface area contributed by atoms with Gasteiger partial charge in [0.15, 0.2) is 0 Å². The number of hydrogen-bond donors (Lipinski definition) is 1. The molecular formula is C22H24N2O3. The Bertz CT molecular complexity index is 987. The van der Waals surface area contributed by atoms with Crippen LogP contribution in [-0.4, -0.2) is 23.6 Å². The highest BCUT2D eigenvalue weighted by molar-refractivity contribution is 5.98. The van der Waals surface area contributed by atoms with E-state index in [1.54, 1.807) is 13.4 Å². The molecule has 3 aromatic rings. The van der Waals surface area contributed by atoms with Gasteiger partial charge in [-0.2, -0.15) is 0 Å². The number of nitrogens with one attached hydrogen (secondary N) is 1. The molecule has 2 bridgehead atoms. The van der Waals surface area contributed by atoms with Gasteiger partial charge in [-0.05, 0) is 60.9 Å². The second-order valence-electron chi connectivity index (χ2n) is 7.90. The lowest BCUT2D eigenvalue weighted by Gasteiger charge is -2.23. The molecule has 1 amide bonds. The first-order valence-corrected chi connectivity index (χ1v) is 9.72. The summed E-state index contributed by atoms with van der Waals surface area (Å²) in [5.41, 5.74) is 2.46. The molecule has 140 valence electrons. The number of ether oxygens (including phenoxy) is 1. The van der Waals surface area contributed by atoms with Crippen LogP contribution in [0.2, 0.25) is 0 Å². The molecule has 3 unspecified atom stereocenters. The molecule has 2 aliphatic rings. The molecule has 2 saturated carbocycles. The minimum atomic E-state index is 0.00171. The Morgan fingerprint density at radius 2 is 2.19 bits per heavy atom. The second kappa shape index (κ2) is 6.48. The predicted molar refractivity (Wildman–Crippen MR) is 103 cm³/mol. The number of methoxy groups -OCH3 is 1. The molecule has 5 rings (SSSR count). The molecule has 1 N–H and O–H groups in total. The molecule has 3 atom stereocenters. The maximum absolute atomic E-state index is 13.1. The van der Waals surface area contributed by atoms with Crippen molar-refractivity contribution < 1.29 is 13.9 Å². The van der Waals surface area contributed by atoms with Gasteiger partial charge in [0.25, 0.3) is 5.91 Å². The van der Waals surface area contributed by atoms with Crippen LogP contribution in [0, 0.1) is 11.8 Å². The lowest BCUT2D eigenvalue weighted by molar-refractivity contribution is 0.0914. The number of furan rings is 1. The van der Waals surface area contributed by atoms with Crippen molar-refractivity contribution in [3.05, 3.63) is 53.9 Å². The minimum Gasteiger partial charge on any atom is -0.497 e. The normalized spacial score (nSPS) is 23.8. The van der Waals surface area contributed by atoms with Crippen LogP contribution in [0.5, 0.6) is 5.75 Å². The zero-order chi connectivity index (χ0) is 18.4. The van der Waals surface area contributed by atoms with Crippen molar-refractivity contribution in [1.29, 1.82) is 0 Å². The largest absolute Gasteiger partial charge is 0.497 e. The highest BCUT2D eigenvalue weighted by Crippen LogP contribution is 2.44. The Kier molecular flexibility index (Phi) is 3.96. The van der Waals surface area contributed by atoms with Crippen LogP contribution in [0.4, 0.5) is 0 Å². The summed E-state index contributed by atoms with van der Waals surface area (Å²) in [7, 11) is 1.66. The van der Waals surface area contributed by atoms with Crippen LogP contribution in [0.1, 0.15) is 41.7 Å².